The highest BCUT2D eigenvalue weighted by Crippen LogP contribution is 2.44. The van der Waals surface area contributed by atoms with Gasteiger partial charge in [-0.3, -0.25) is 14.5 Å². The van der Waals surface area contributed by atoms with Crippen LogP contribution in [0, 0.1) is 6.92 Å². The second-order valence-corrected chi connectivity index (χ2v) is 12.5. The maximum absolute atomic E-state index is 13.7. The van der Waals surface area contributed by atoms with E-state index in [2.05, 4.69) is 41.5 Å². The van der Waals surface area contributed by atoms with E-state index in [0.29, 0.717) is 27.6 Å². The van der Waals surface area contributed by atoms with E-state index in [1.165, 1.54) is 12.0 Å². The Hall–Kier alpha value is -3.57. The van der Waals surface area contributed by atoms with Gasteiger partial charge < -0.3 is 9.84 Å². The van der Waals surface area contributed by atoms with Crippen LogP contribution in [0.15, 0.2) is 66.2 Å². The topological polar surface area (TPSA) is 66.8 Å². The van der Waals surface area contributed by atoms with Crippen LogP contribution < -0.4 is 9.64 Å². The molecule has 1 aliphatic heterocycles. The third-order valence-corrected chi connectivity index (χ3v) is 7.70. The van der Waals surface area contributed by atoms with Gasteiger partial charge in [0.2, 0.25) is 0 Å². The van der Waals surface area contributed by atoms with Crippen LogP contribution in [0.25, 0.3) is 5.76 Å². The fourth-order valence-electron chi connectivity index (χ4n) is 4.82. The number of rotatable bonds is 4. The average Bonchev–Trinajstić information content (AvgIpc) is 3.14. The second-order valence-electron chi connectivity index (χ2n) is 12.1. The highest BCUT2D eigenvalue weighted by atomic mass is 35.5. The largest absolute Gasteiger partial charge is 0.507 e. The number of aryl methyl sites for hydroxylation is 1. The molecule has 4 rings (SSSR count). The summed E-state index contributed by atoms with van der Waals surface area (Å²) >= 11 is 6.43. The number of amides is 1. The molecule has 39 heavy (non-hydrogen) atoms. The Morgan fingerprint density at radius 3 is 2.00 bits per heavy atom. The minimum atomic E-state index is -0.860. The van der Waals surface area contributed by atoms with Gasteiger partial charge in [0, 0.05) is 10.7 Å². The van der Waals surface area contributed by atoms with E-state index in [9.17, 15) is 14.7 Å². The zero-order valence-electron chi connectivity index (χ0n) is 23.8. The molecule has 1 unspecified atom stereocenters. The summed E-state index contributed by atoms with van der Waals surface area (Å²) in [6.45, 7) is 14.4. The monoisotopic (exact) mass is 545 g/mol. The summed E-state index contributed by atoms with van der Waals surface area (Å²) in [5.41, 5.74) is 4.17. The normalized spacial score (nSPS) is 17.6. The molecule has 0 radical (unpaired) electrons. The number of methoxy groups -OCH3 is 1. The first kappa shape index (κ1) is 28.4. The third kappa shape index (κ3) is 5.33. The fourth-order valence-corrected chi connectivity index (χ4v) is 4.99. The van der Waals surface area contributed by atoms with Crippen molar-refractivity contribution in [3.8, 4) is 5.75 Å². The van der Waals surface area contributed by atoms with Crippen LogP contribution >= 0.6 is 11.6 Å². The Morgan fingerprint density at radius 2 is 1.46 bits per heavy atom. The number of ketones is 1. The molecular weight excluding hydrogens is 510 g/mol. The number of anilines is 1. The van der Waals surface area contributed by atoms with Crippen molar-refractivity contribution >= 4 is 34.7 Å². The number of carbonyl (C=O) groups excluding carboxylic acids is 2. The van der Waals surface area contributed by atoms with Gasteiger partial charge in [-0.05, 0) is 64.3 Å². The number of Topliss-reactive ketones (excluding diaryl/α,β-unsaturated/α-hetero) is 1. The summed E-state index contributed by atoms with van der Waals surface area (Å²) in [5, 5.41) is 12.2. The van der Waals surface area contributed by atoms with Gasteiger partial charge in [-0.2, -0.15) is 0 Å². The van der Waals surface area contributed by atoms with Crippen molar-refractivity contribution in [1.82, 2.24) is 0 Å². The number of halogens is 1. The molecule has 204 valence electrons. The Labute approximate surface area is 236 Å². The molecule has 1 aliphatic rings. The van der Waals surface area contributed by atoms with Gasteiger partial charge in [0.25, 0.3) is 11.7 Å². The Bertz CT molecular complexity index is 1470. The molecule has 0 saturated carbocycles. The number of aliphatic hydroxyl groups is 1. The molecule has 0 spiro atoms. The van der Waals surface area contributed by atoms with Gasteiger partial charge in [-0.15, -0.1) is 0 Å². The minimum absolute atomic E-state index is 0.00423. The molecule has 5 nitrogen and oxygen atoms in total. The van der Waals surface area contributed by atoms with Crippen LogP contribution in [0.2, 0.25) is 5.02 Å². The number of hydrogen-bond acceptors (Lipinski definition) is 4. The van der Waals surface area contributed by atoms with Crippen molar-refractivity contribution in [2.45, 2.75) is 65.3 Å². The highest BCUT2D eigenvalue weighted by Gasteiger charge is 2.47. The number of hydrogen-bond donors (Lipinski definition) is 1. The van der Waals surface area contributed by atoms with Gasteiger partial charge in [0.05, 0.1) is 24.3 Å². The lowest BCUT2D eigenvalue weighted by atomic mass is 9.84. The van der Waals surface area contributed by atoms with Crippen LogP contribution in [0.5, 0.6) is 5.75 Å². The number of carbonyl (C=O) groups is 2. The first-order valence-corrected chi connectivity index (χ1v) is 13.4. The lowest BCUT2D eigenvalue weighted by molar-refractivity contribution is -0.132. The van der Waals surface area contributed by atoms with Crippen LogP contribution in [0.4, 0.5) is 5.69 Å². The lowest BCUT2D eigenvalue weighted by Gasteiger charge is -2.27. The van der Waals surface area contributed by atoms with Crippen molar-refractivity contribution in [2.24, 2.45) is 0 Å². The summed E-state index contributed by atoms with van der Waals surface area (Å²) in [5.74, 6) is -1.36. The fraction of sp³-hybridized carbons (Fsp3) is 0.333. The maximum atomic E-state index is 13.7. The molecule has 1 fully saturated rings. The number of nitrogens with zero attached hydrogens (tertiary/aromatic N) is 1. The van der Waals surface area contributed by atoms with Crippen molar-refractivity contribution in [2.75, 3.05) is 12.0 Å². The van der Waals surface area contributed by atoms with Crippen LogP contribution in [-0.2, 0) is 20.4 Å². The van der Waals surface area contributed by atoms with Crippen LogP contribution in [0.3, 0.4) is 0 Å². The zero-order chi connectivity index (χ0) is 28.9. The molecule has 1 amide bonds. The molecule has 1 N–H and O–H groups in total. The van der Waals surface area contributed by atoms with E-state index in [4.69, 9.17) is 16.3 Å². The first-order chi connectivity index (χ1) is 18.1. The quantitative estimate of drug-likeness (QED) is 0.206. The van der Waals surface area contributed by atoms with E-state index in [1.54, 1.807) is 18.2 Å². The summed E-state index contributed by atoms with van der Waals surface area (Å²) in [6.07, 6.45) is 0. The zero-order valence-corrected chi connectivity index (χ0v) is 24.6. The molecule has 0 aliphatic carbocycles. The van der Waals surface area contributed by atoms with Gasteiger partial charge in [0.15, 0.2) is 0 Å². The highest BCUT2D eigenvalue weighted by molar-refractivity contribution is 6.52. The molecule has 0 bridgehead atoms. The average molecular weight is 546 g/mol. The van der Waals surface area contributed by atoms with Gasteiger partial charge in [-0.25, -0.2) is 0 Å². The molecule has 0 aromatic heterocycles. The van der Waals surface area contributed by atoms with E-state index in [0.717, 1.165) is 16.7 Å². The number of benzene rings is 3. The second kappa shape index (κ2) is 10.2. The van der Waals surface area contributed by atoms with E-state index < -0.39 is 17.7 Å². The molecule has 6 heteroatoms. The predicted octanol–water partition coefficient (Wildman–Crippen LogP) is 7.88. The van der Waals surface area contributed by atoms with Crippen molar-refractivity contribution in [1.29, 1.82) is 0 Å². The van der Waals surface area contributed by atoms with Crippen LogP contribution in [0.1, 0.15) is 75.4 Å². The molecule has 1 atom stereocenters. The van der Waals surface area contributed by atoms with Crippen molar-refractivity contribution in [3.63, 3.8) is 0 Å². The summed E-state index contributed by atoms with van der Waals surface area (Å²) < 4.78 is 5.57. The third-order valence-electron chi connectivity index (χ3n) is 7.29. The molecule has 1 saturated heterocycles. The van der Waals surface area contributed by atoms with Crippen molar-refractivity contribution < 1.29 is 19.4 Å². The summed E-state index contributed by atoms with van der Waals surface area (Å²) in [7, 11) is 1.51. The number of aliphatic hydroxyl groups excluding tert-OH is 1. The Balaban J connectivity index is 2.00. The minimum Gasteiger partial charge on any atom is -0.507 e. The van der Waals surface area contributed by atoms with E-state index in [1.807, 2.05) is 49.4 Å². The number of ether oxygens (including phenoxy) is 1. The molecule has 1 heterocycles. The standard InChI is InChI=1S/C33H36ClNO4/c1-19-9-15-23(18-25(19)34)35-28(20-10-12-21(13-11-20)32(2,3)4)27(30(37)31(35)38)29(36)24-17-22(33(5,6)7)14-16-26(24)39-8/h9-18,28,36H,1-8H3/b29-27+. The smallest absolute Gasteiger partial charge is 0.300 e. The van der Waals surface area contributed by atoms with Crippen LogP contribution in [-0.4, -0.2) is 23.9 Å². The van der Waals surface area contributed by atoms with E-state index >= 15 is 0 Å². The summed E-state index contributed by atoms with van der Waals surface area (Å²) in [4.78, 5) is 28.7. The SMILES string of the molecule is COc1ccc(C(C)(C)C)cc1/C(O)=C1\C(=O)C(=O)N(c2ccc(C)c(Cl)c2)C1c1ccc(C(C)(C)C)cc1. The molecular formula is C33H36ClNO4. The maximum Gasteiger partial charge on any atom is 0.300 e. The first-order valence-electron chi connectivity index (χ1n) is 13.0. The van der Waals surface area contributed by atoms with Crippen molar-refractivity contribution in [3.05, 3.63) is 99.1 Å². The van der Waals surface area contributed by atoms with Gasteiger partial charge in [0.1, 0.15) is 11.5 Å². The Kier molecular flexibility index (Phi) is 7.44. The molecule has 3 aromatic rings. The lowest BCUT2D eigenvalue weighted by Crippen LogP contribution is -2.29. The summed E-state index contributed by atoms with van der Waals surface area (Å²) in [6, 6.07) is 17.8. The van der Waals surface area contributed by atoms with Gasteiger partial charge >= 0.3 is 0 Å². The Morgan fingerprint density at radius 1 is 0.872 bits per heavy atom. The van der Waals surface area contributed by atoms with Gasteiger partial charge in [-0.1, -0.05) is 89.5 Å². The molecule has 3 aromatic carbocycles. The van der Waals surface area contributed by atoms with E-state index in [-0.39, 0.29) is 22.2 Å². The predicted molar refractivity (Wildman–Crippen MR) is 158 cm³/mol.